The number of hydrogen-bond acceptors (Lipinski definition) is 4. The second-order valence-electron chi connectivity index (χ2n) is 8.00. The molecule has 1 aliphatic carbocycles. The van der Waals surface area contributed by atoms with Crippen molar-refractivity contribution in [3.05, 3.63) is 63.2 Å². The number of allylic oxidation sites excluding steroid dienone is 2. The molecule has 1 amide bonds. The molecule has 3 aromatic rings. The normalized spacial score (nSPS) is 15.1. The van der Waals surface area contributed by atoms with Crippen LogP contribution in [0.3, 0.4) is 0 Å². The summed E-state index contributed by atoms with van der Waals surface area (Å²) in [5, 5.41) is 11.7. The minimum absolute atomic E-state index is 0.313. The van der Waals surface area contributed by atoms with Crippen molar-refractivity contribution in [2.24, 2.45) is 0 Å². The summed E-state index contributed by atoms with van der Waals surface area (Å²) >= 11 is 0. The maximum Gasteiger partial charge on any atom is 0.416 e. The standard InChI is InChI=1S/C22H22F3N5O2/c1-12-4-9-17(12)30-18-10-26-29(21(32)20(18)14(3)28-30)11-19(31)27-13(2)15-5-7-16(8-6-15)22(23,24)25/h5-8,10,13H,4,9,11H2,1-3H3,(H,27,31)/t13-/m0/s1. The van der Waals surface area contributed by atoms with E-state index in [4.69, 9.17) is 0 Å². The van der Waals surface area contributed by atoms with Crippen LogP contribution in [0.2, 0.25) is 0 Å². The van der Waals surface area contributed by atoms with E-state index in [9.17, 15) is 22.8 Å². The van der Waals surface area contributed by atoms with Gasteiger partial charge >= 0.3 is 6.18 Å². The lowest BCUT2D eigenvalue weighted by molar-refractivity contribution is -0.137. The zero-order valence-corrected chi connectivity index (χ0v) is 17.8. The lowest BCUT2D eigenvalue weighted by Gasteiger charge is -2.21. The molecule has 0 aliphatic heterocycles. The molecule has 1 aromatic carbocycles. The Balaban J connectivity index is 1.51. The molecule has 2 aromatic heterocycles. The number of carbonyl (C=O) groups excluding carboxylic acids is 1. The molecule has 0 saturated heterocycles. The summed E-state index contributed by atoms with van der Waals surface area (Å²) in [7, 11) is 0. The molecule has 2 heterocycles. The van der Waals surface area contributed by atoms with Gasteiger partial charge in [-0.2, -0.15) is 23.4 Å². The Bertz CT molecular complexity index is 1290. The molecule has 0 spiro atoms. The molecule has 0 unspecified atom stereocenters. The van der Waals surface area contributed by atoms with Crippen molar-refractivity contribution in [3.8, 4) is 0 Å². The lowest BCUT2D eigenvalue weighted by atomic mass is 9.96. The highest BCUT2D eigenvalue weighted by Crippen LogP contribution is 2.33. The summed E-state index contributed by atoms with van der Waals surface area (Å²) in [5.74, 6) is -0.478. The number of halogens is 3. The van der Waals surface area contributed by atoms with E-state index >= 15 is 0 Å². The van der Waals surface area contributed by atoms with Crippen molar-refractivity contribution < 1.29 is 18.0 Å². The molecule has 1 aliphatic rings. The maximum atomic E-state index is 12.9. The number of amides is 1. The van der Waals surface area contributed by atoms with Crippen LogP contribution < -0.4 is 10.9 Å². The van der Waals surface area contributed by atoms with Gasteiger partial charge in [-0.3, -0.25) is 9.59 Å². The van der Waals surface area contributed by atoms with Gasteiger partial charge in [-0.25, -0.2) is 9.36 Å². The fourth-order valence-corrected chi connectivity index (χ4v) is 3.79. The first-order valence-corrected chi connectivity index (χ1v) is 10.2. The molecule has 1 atom stereocenters. The van der Waals surface area contributed by atoms with E-state index in [1.807, 2.05) is 6.92 Å². The number of fused-ring (bicyclic) bond motifs is 1. The summed E-state index contributed by atoms with van der Waals surface area (Å²) < 4.78 is 41.0. The first-order chi connectivity index (χ1) is 15.1. The molecule has 32 heavy (non-hydrogen) atoms. The van der Waals surface area contributed by atoms with E-state index in [1.54, 1.807) is 18.5 Å². The highest BCUT2D eigenvalue weighted by atomic mass is 19.4. The van der Waals surface area contributed by atoms with Crippen LogP contribution in [-0.2, 0) is 17.5 Å². The number of benzene rings is 1. The fourth-order valence-electron chi connectivity index (χ4n) is 3.79. The number of hydrogen-bond donors (Lipinski definition) is 1. The van der Waals surface area contributed by atoms with Gasteiger partial charge < -0.3 is 5.32 Å². The van der Waals surface area contributed by atoms with E-state index in [0.717, 1.165) is 35.4 Å². The van der Waals surface area contributed by atoms with Gasteiger partial charge in [-0.05, 0) is 51.3 Å². The first-order valence-electron chi connectivity index (χ1n) is 10.2. The molecule has 7 nitrogen and oxygen atoms in total. The van der Waals surface area contributed by atoms with Crippen LogP contribution in [0.4, 0.5) is 13.2 Å². The largest absolute Gasteiger partial charge is 0.416 e. The van der Waals surface area contributed by atoms with E-state index < -0.39 is 29.2 Å². The van der Waals surface area contributed by atoms with Gasteiger partial charge in [-0.15, -0.1) is 0 Å². The van der Waals surface area contributed by atoms with Crippen molar-refractivity contribution in [2.45, 2.75) is 52.4 Å². The highest BCUT2D eigenvalue weighted by molar-refractivity contribution is 5.84. The average molecular weight is 445 g/mol. The highest BCUT2D eigenvalue weighted by Gasteiger charge is 2.30. The zero-order valence-electron chi connectivity index (χ0n) is 17.8. The van der Waals surface area contributed by atoms with Gasteiger partial charge in [0.05, 0.1) is 34.4 Å². The quantitative estimate of drug-likeness (QED) is 0.647. The van der Waals surface area contributed by atoms with Crippen molar-refractivity contribution >= 4 is 22.5 Å². The van der Waals surface area contributed by atoms with E-state index in [-0.39, 0.29) is 6.54 Å². The van der Waals surface area contributed by atoms with Gasteiger partial charge in [-0.1, -0.05) is 17.7 Å². The summed E-state index contributed by atoms with van der Waals surface area (Å²) in [6.07, 6.45) is -1.01. The molecule has 0 fully saturated rings. The molecular weight excluding hydrogens is 423 g/mol. The molecular formula is C22H22F3N5O2. The number of aromatic nitrogens is 4. The van der Waals surface area contributed by atoms with Crippen molar-refractivity contribution in [2.75, 3.05) is 0 Å². The topological polar surface area (TPSA) is 81.8 Å². The summed E-state index contributed by atoms with van der Waals surface area (Å²) in [5.41, 5.74) is 2.79. The van der Waals surface area contributed by atoms with Crippen LogP contribution in [0.1, 0.15) is 49.6 Å². The predicted octanol–water partition coefficient (Wildman–Crippen LogP) is 3.82. The van der Waals surface area contributed by atoms with Crippen LogP contribution >= 0.6 is 0 Å². The van der Waals surface area contributed by atoms with E-state index in [0.29, 0.717) is 22.2 Å². The first kappa shape index (κ1) is 21.8. The van der Waals surface area contributed by atoms with Crippen LogP contribution in [0.5, 0.6) is 0 Å². The Labute approximate surface area is 181 Å². The fraction of sp³-hybridized carbons (Fsp3) is 0.364. The minimum Gasteiger partial charge on any atom is -0.348 e. The molecule has 0 saturated carbocycles. The zero-order chi connectivity index (χ0) is 23.2. The Morgan fingerprint density at radius 3 is 2.44 bits per heavy atom. The minimum atomic E-state index is -4.42. The number of rotatable bonds is 5. The van der Waals surface area contributed by atoms with Gasteiger partial charge in [0.2, 0.25) is 5.91 Å². The van der Waals surface area contributed by atoms with Crippen LogP contribution in [0.25, 0.3) is 16.6 Å². The number of alkyl halides is 3. The van der Waals surface area contributed by atoms with Gasteiger partial charge in [0.25, 0.3) is 5.56 Å². The monoisotopic (exact) mass is 445 g/mol. The Morgan fingerprint density at radius 1 is 1.19 bits per heavy atom. The SMILES string of the molecule is CC1=C(n2nc(C)c3c(=O)n(CC(=O)N[C@@H](C)c4ccc(C(F)(F)F)cc4)ncc32)CC1. The number of nitrogens with one attached hydrogen (secondary N) is 1. The molecule has 168 valence electrons. The number of aryl methyl sites for hydroxylation is 1. The molecule has 0 bridgehead atoms. The Hall–Kier alpha value is -3.43. The van der Waals surface area contributed by atoms with Gasteiger partial charge in [0.1, 0.15) is 6.54 Å². The third-order valence-electron chi connectivity index (χ3n) is 5.76. The summed E-state index contributed by atoms with van der Waals surface area (Å²) in [6, 6.07) is 4.04. The summed E-state index contributed by atoms with van der Waals surface area (Å²) in [4.78, 5) is 25.4. The smallest absolute Gasteiger partial charge is 0.348 e. The van der Waals surface area contributed by atoms with Crippen molar-refractivity contribution in [1.29, 1.82) is 0 Å². The molecule has 4 rings (SSSR count). The second-order valence-corrected chi connectivity index (χ2v) is 8.00. The van der Waals surface area contributed by atoms with Crippen molar-refractivity contribution in [1.82, 2.24) is 24.9 Å². The second kappa shape index (κ2) is 7.92. The van der Waals surface area contributed by atoms with Crippen LogP contribution in [-0.4, -0.2) is 25.5 Å². The lowest BCUT2D eigenvalue weighted by Crippen LogP contribution is -2.35. The number of carbonyl (C=O) groups is 1. The van der Waals surface area contributed by atoms with Gasteiger partial charge in [0, 0.05) is 5.70 Å². The van der Waals surface area contributed by atoms with E-state index in [2.05, 4.69) is 15.5 Å². The summed E-state index contributed by atoms with van der Waals surface area (Å²) in [6.45, 7) is 5.11. The third kappa shape index (κ3) is 3.92. The maximum absolute atomic E-state index is 12.9. The molecule has 0 radical (unpaired) electrons. The van der Waals surface area contributed by atoms with Crippen LogP contribution in [0, 0.1) is 6.92 Å². The Kier molecular flexibility index (Phi) is 5.39. The van der Waals surface area contributed by atoms with Crippen LogP contribution in [0.15, 0.2) is 40.8 Å². The predicted molar refractivity (Wildman–Crippen MR) is 113 cm³/mol. The average Bonchev–Trinajstić information content (AvgIpc) is 3.04. The Morgan fingerprint density at radius 2 is 1.88 bits per heavy atom. The van der Waals surface area contributed by atoms with Crippen molar-refractivity contribution in [3.63, 3.8) is 0 Å². The molecule has 10 heteroatoms. The van der Waals surface area contributed by atoms with E-state index in [1.165, 1.54) is 23.9 Å². The third-order valence-corrected chi connectivity index (χ3v) is 5.76. The number of nitrogens with zero attached hydrogens (tertiary/aromatic N) is 4. The van der Waals surface area contributed by atoms with Gasteiger partial charge in [0.15, 0.2) is 0 Å². The molecule has 1 N–H and O–H groups in total.